The number of fused-ring (bicyclic) bond motifs is 2. The number of nitrogens with zero attached hydrogens (tertiary/aromatic N) is 6. The lowest BCUT2D eigenvalue weighted by molar-refractivity contribution is 0.577. The van der Waals surface area contributed by atoms with Gasteiger partial charge in [0.15, 0.2) is 17.3 Å². The van der Waals surface area contributed by atoms with E-state index in [9.17, 15) is 0 Å². The van der Waals surface area contributed by atoms with Crippen molar-refractivity contribution in [2.75, 3.05) is 5.73 Å². The van der Waals surface area contributed by atoms with Gasteiger partial charge in [0, 0.05) is 30.2 Å². The van der Waals surface area contributed by atoms with Crippen LogP contribution in [0.1, 0.15) is 44.4 Å². The van der Waals surface area contributed by atoms with Crippen molar-refractivity contribution in [3.63, 3.8) is 0 Å². The molecule has 8 nitrogen and oxygen atoms in total. The second kappa shape index (κ2) is 10.3. The summed E-state index contributed by atoms with van der Waals surface area (Å²) in [5.41, 5.74) is 10.3. The van der Waals surface area contributed by atoms with Gasteiger partial charge in [0.25, 0.3) is 0 Å². The second-order valence-corrected chi connectivity index (χ2v) is 9.88. The number of thiol groups is 1. The molecule has 10 heteroatoms. The average Bonchev–Trinajstić information content (AvgIpc) is 3.61. The van der Waals surface area contributed by atoms with Crippen LogP contribution in [0.5, 0.6) is 0 Å². The van der Waals surface area contributed by atoms with Crippen LogP contribution in [0.4, 0.5) is 10.2 Å². The Morgan fingerprint density at radius 1 is 1.11 bits per heavy atom. The third-order valence-corrected chi connectivity index (χ3v) is 6.28. The Labute approximate surface area is 220 Å². The van der Waals surface area contributed by atoms with Crippen LogP contribution < -0.4 is 10.5 Å². The molecule has 1 aromatic carbocycles. The number of nitrogen functional groups attached to an aromatic ring is 1. The highest BCUT2D eigenvalue weighted by Crippen LogP contribution is 2.37. The largest absolute Gasteiger partial charge is 0.383 e. The maximum atomic E-state index is 15.3. The predicted molar refractivity (Wildman–Crippen MR) is 147 cm³/mol. The lowest BCUT2D eigenvalue weighted by atomic mass is 10.1. The summed E-state index contributed by atoms with van der Waals surface area (Å²) in [4.78, 5) is 13.8. The number of halogens is 1. The van der Waals surface area contributed by atoms with Crippen molar-refractivity contribution >= 4 is 29.8 Å². The van der Waals surface area contributed by atoms with Crippen LogP contribution in [0.15, 0.2) is 61.1 Å². The standard InChI is InChI=1S/C23H19FN8S.C4H10/c24-16-12-14(11-13-4-5-17(30-33)20(13)16)32-22(15-3-1-8-26-21(15)25)28-18-6-7-19(29-23(18)32)31-10-2-9-27-31;1-4(2)3/h1-3,6-12,17,30,33H,4-5H2,(H2,25,26);4H,1-3H3. The summed E-state index contributed by atoms with van der Waals surface area (Å²) in [6.07, 6.45) is 6.66. The summed E-state index contributed by atoms with van der Waals surface area (Å²) in [7, 11) is 0. The van der Waals surface area contributed by atoms with Crippen LogP contribution in [-0.4, -0.2) is 29.3 Å². The van der Waals surface area contributed by atoms with Crippen molar-refractivity contribution < 1.29 is 4.39 Å². The third-order valence-electron chi connectivity index (χ3n) is 5.97. The molecule has 0 radical (unpaired) electrons. The monoisotopic (exact) mass is 516 g/mol. The first-order chi connectivity index (χ1) is 17.9. The Hall–Kier alpha value is -3.76. The minimum Gasteiger partial charge on any atom is -0.383 e. The molecule has 190 valence electrons. The Kier molecular flexibility index (Phi) is 6.94. The van der Waals surface area contributed by atoms with Gasteiger partial charge in [-0.25, -0.2) is 24.0 Å². The number of rotatable bonds is 4. The van der Waals surface area contributed by atoms with Crippen LogP contribution in [0.25, 0.3) is 34.1 Å². The Bertz CT molecular complexity index is 1540. The molecule has 4 aromatic heterocycles. The van der Waals surface area contributed by atoms with E-state index in [1.54, 1.807) is 23.1 Å². The van der Waals surface area contributed by atoms with Gasteiger partial charge in [-0.15, -0.1) is 0 Å². The molecule has 0 aliphatic heterocycles. The van der Waals surface area contributed by atoms with Gasteiger partial charge in [0.05, 0.1) is 11.3 Å². The summed E-state index contributed by atoms with van der Waals surface area (Å²) in [6.45, 7) is 6.50. The summed E-state index contributed by atoms with van der Waals surface area (Å²) in [6, 6.07) is 12.6. The Morgan fingerprint density at radius 3 is 2.62 bits per heavy atom. The number of aromatic nitrogens is 6. The Balaban J connectivity index is 0.000000655. The molecular weight excluding hydrogens is 487 g/mol. The fourth-order valence-corrected chi connectivity index (χ4v) is 4.73. The minimum atomic E-state index is -0.290. The zero-order valence-corrected chi connectivity index (χ0v) is 21.8. The van der Waals surface area contributed by atoms with Crippen LogP contribution in [0.3, 0.4) is 0 Å². The molecule has 6 rings (SSSR count). The van der Waals surface area contributed by atoms with Gasteiger partial charge in [0.2, 0.25) is 0 Å². The molecule has 5 aromatic rings. The van der Waals surface area contributed by atoms with Crippen LogP contribution in [-0.2, 0) is 6.42 Å². The van der Waals surface area contributed by atoms with E-state index in [4.69, 9.17) is 15.7 Å². The first-order valence-electron chi connectivity index (χ1n) is 12.2. The number of anilines is 1. The third kappa shape index (κ3) is 4.82. The molecule has 1 unspecified atom stereocenters. The topological polar surface area (TPSA) is 99.5 Å². The van der Waals surface area contributed by atoms with E-state index in [0.717, 1.165) is 24.3 Å². The van der Waals surface area contributed by atoms with E-state index in [-0.39, 0.29) is 11.9 Å². The van der Waals surface area contributed by atoms with E-state index in [0.29, 0.717) is 45.4 Å². The number of benzene rings is 1. The number of imidazole rings is 1. The molecule has 3 N–H and O–H groups in total. The van der Waals surface area contributed by atoms with Gasteiger partial charge < -0.3 is 5.73 Å². The number of nitrogens with one attached hydrogen (secondary N) is 1. The molecule has 0 saturated carbocycles. The molecule has 1 aliphatic rings. The molecule has 4 heterocycles. The van der Waals surface area contributed by atoms with E-state index in [1.165, 1.54) is 6.07 Å². The van der Waals surface area contributed by atoms with Crippen LogP contribution >= 0.6 is 12.8 Å². The molecule has 0 saturated heterocycles. The molecule has 0 amide bonds. The normalized spacial score (nSPS) is 14.6. The predicted octanol–water partition coefficient (Wildman–Crippen LogP) is 5.47. The molecule has 0 fully saturated rings. The van der Waals surface area contributed by atoms with Gasteiger partial charge in [0.1, 0.15) is 17.2 Å². The number of nitrogens with two attached hydrogens (primary N) is 1. The van der Waals surface area contributed by atoms with Gasteiger partial charge in [-0.3, -0.25) is 9.29 Å². The fourth-order valence-electron chi connectivity index (χ4n) is 4.47. The summed E-state index contributed by atoms with van der Waals surface area (Å²) in [5, 5.41) is 4.27. The smallest absolute Gasteiger partial charge is 0.167 e. The summed E-state index contributed by atoms with van der Waals surface area (Å²) >= 11 is 4.17. The Morgan fingerprint density at radius 2 is 1.92 bits per heavy atom. The SMILES string of the molecule is CC(C)C.Nc1ncccc1-c1nc2ccc(-n3cccn3)nc2n1-c1cc(F)c2c(c1)CCC2NS. The van der Waals surface area contributed by atoms with E-state index < -0.39 is 0 Å². The van der Waals surface area contributed by atoms with Crippen LogP contribution in [0, 0.1) is 11.7 Å². The van der Waals surface area contributed by atoms with Gasteiger partial charge in [-0.2, -0.15) is 5.10 Å². The van der Waals surface area contributed by atoms with Crippen molar-refractivity contribution in [3.05, 3.63) is 78.0 Å². The number of hydrogen-bond acceptors (Lipinski definition) is 7. The highest BCUT2D eigenvalue weighted by Gasteiger charge is 2.27. The molecule has 1 aliphatic carbocycles. The van der Waals surface area contributed by atoms with Crippen molar-refractivity contribution in [2.45, 2.75) is 39.7 Å². The minimum absolute atomic E-state index is 0.116. The first-order valence-corrected chi connectivity index (χ1v) is 12.6. The quantitative estimate of drug-likeness (QED) is 0.274. The molecule has 0 spiro atoms. The van der Waals surface area contributed by atoms with Crippen molar-refractivity contribution in [1.29, 1.82) is 0 Å². The zero-order chi connectivity index (χ0) is 26.1. The van der Waals surface area contributed by atoms with Crippen LogP contribution in [0.2, 0.25) is 0 Å². The van der Waals surface area contributed by atoms with E-state index in [2.05, 4.69) is 48.4 Å². The molecule has 37 heavy (non-hydrogen) atoms. The lowest BCUT2D eigenvalue weighted by Gasteiger charge is -2.15. The maximum absolute atomic E-state index is 15.3. The van der Waals surface area contributed by atoms with Gasteiger partial charge in [-0.1, -0.05) is 33.6 Å². The second-order valence-electron chi connectivity index (χ2n) is 9.62. The van der Waals surface area contributed by atoms with Gasteiger partial charge >= 0.3 is 0 Å². The number of pyridine rings is 2. The fraction of sp³-hybridized carbons (Fsp3) is 0.259. The first kappa shape index (κ1) is 24.9. The summed E-state index contributed by atoms with van der Waals surface area (Å²) in [5.74, 6) is 2.05. The summed E-state index contributed by atoms with van der Waals surface area (Å²) < 4.78 is 21.7. The van der Waals surface area contributed by atoms with Gasteiger partial charge in [-0.05, 0) is 66.8 Å². The zero-order valence-electron chi connectivity index (χ0n) is 20.9. The highest BCUT2D eigenvalue weighted by atomic mass is 32.1. The van der Waals surface area contributed by atoms with Crippen molar-refractivity contribution in [2.24, 2.45) is 5.92 Å². The maximum Gasteiger partial charge on any atom is 0.167 e. The van der Waals surface area contributed by atoms with E-state index >= 15 is 4.39 Å². The average molecular weight is 517 g/mol. The van der Waals surface area contributed by atoms with Crippen molar-refractivity contribution in [1.82, 2.24) is 34.0 Å². The molecular formula is C27H29FN8S. The number of hydrogen-bond donors (Lipinski definition) is 3. The molecule has 0 bridgehead atoms. The van der Waals surface area contributed by atoms with E-state index in [1.807, 2.05) is 41.1 Å². The molecule has 1 atom stereocenters. The van der Waals surface area contributed by atoms with Crippen molar-refractivity contribution in [3.8, 4) is 22.9 Å². The lowest BCUT2D eigenvalue weighted by Crippen LogP contribution is -2.10. The number of aryl methyl sites for hydroxylation is 1. The highest BCUT2D eigenvalue weighted by molar-refractivity contribution is 7.78.